The minimum absolute atomic E-state index is 0.236. The van der Waals surface area contributed by atoms with Crippen LogP contribution in [0.25, 0.3) is 0 Å². The molecule has 1 N–H and O–H groups in total. The molecular formula is C15H12F2N4O2. The van der Waals surface area contributed by atoms with E-state index < -0.39 is 43.3 Å². The first kappa shape index (κ1) is 16.4. The summed E-state index contributed by atoms with van der Waals surface area (Å²) >= 11 is 0. The predicted octanol–water partition coefficient (Wildman–Crippen LogP) is 1.05. The topological polar surface area (TPSA) is 97.0 Å². The van der Waals surface area contributed by atoms with Gasteiger partial charge in [-0.2, -0.15) is 10.5 Å². The fourth-order valence-corrected chi connectivity index (χ4v) is 2.25. The molecule has 1 aliphatic heterocycles. The number of carbonyl (C=O) groups is 2. The second-order valence-corrected chi connectivity index (χ2v) is 5.10. The number of halogens is 2. The number of alkyl halides is 2. The molecule has 0 spiro atoms. The van der Waals surface area contributed by atoms with E-state index in [0.717, 1.165) is 4.90 Å². The monoisotopic (exact) mass is 318 g/mol. The second-order valence-electron chi connectivity index (χ2n) is 5.10. The minimum atomic E-state index is -3.09. The normalized spacial score (nSPS) is 18.8. The molecule has 0 aliphatic carbocycles. The molecule has 0 radical (unpaired) electrons. The number of nitrogens with one attached hydrogen (secondary N) is 1. The van der Waals surface area contributed by atoms with E-state index >= 15 is 0 Å². The summed E-state index contributed by atoms with van der Waals surface area (Å²) in [6.45, 7) is -1.30. The largest absolute Gasteiger partial charge is 0.343 e. The van der Waals surface area contributed by atoms with Crippen molar-refractivity contribution in [2.45, 2.75) is 18.4 Å². The Bertz CT molecular complexity index is 704. The van der Waals surface area contributed by atoms with Gasteiger partial charge in [0.25, 0.3) is 11.8 Å². The molecule has 1 aromatic carbocycles. The molecule has 2 rings (SSSR count). The average Bonchev–Trinajstić information content (AvgIpc) is 2.87. The molecule has 0 bridgehead atoms. The van der Waals surface area contributed by atoms with Gasteiger partial charge in [0.15, 0.2) is 0 Å². The zero-order valence-electron chi connectivity index (χ0n) is 11.9. The van der Waals surface area contributed by atoms with Crippen molar-refractivity contribution in [3.8, 4) is 12.1 Å². The van der Waals surface area contributed by atoms with Crippen molar-refractivity contribution in [2.75, 3.05) is 13.1 Å². The average molecular weight is 318 g/mol. The third kappa shape index (κ3) is 3.80. The van der Waals surface area contributed by atoms with Gasteiger partial charge >= 0.3 is 0 Å². The zero-order valence-corrected chi connectivity index (χ0v) is 11.9. The van der Waals surface area contributed by atoms with Crippen LogP contribution < -0.4 is 5.32 Å². The first-order chi connectivity index (χ1) is 10.9. The Morgan fingerprint density at radius 2 is 1.96 bits per heavy atom. The highest BCUT2D eigenvalue weighted by Crippen LogP contribution is 2.31. The van der Waals surface area contributed by atoms with Gasteiger partial charge < -0.3 is 10.2 Å². The number of rotatable bonds is 3. The van der Waals surface area contributed by atoms with Crippen molar-refractivity contribution in [1.29, 1.82) is 10.5 Å². The third-order valence-electron chi connectivity index (χ3n) is 3.42. The van der Waals surface area contributed by atoms with Crippen molar-refractivity contribution in [1.82, 2.24) is 10.2 Å². The molecule has 1 heterocycles. The molecule has 1 aromatic rings. The number of likely N-dealkylation sites (tertiary alicyclic amines) is 1. The van der Waals surface area contributed by atoms with Crippen molar-refractivity contribution in [3.63, 3.8) is 0 Å². The molecule has 8 heteroatoms. The van der Waals surface area contributed by atoms with Crippen LogP contribution in [0.15, 0.2) is 24.3 Å². The van der Waals surface area contributed by atoms with E-state index in [0.29, 0.717) is 5.56 Å². The maximum atomic E-state index is 13.3. The zero-order chi connectivity index (χ0) is 17.0. The van der Waals surface area contributed by atoms with E-state index in [1.54, 1.807) is 6.07 Å². The Hall–Kier alpha value is -3.00. The summed E-state index contributed by atoms with van der Waals surface area (Å²) in [7, 11) is 0. The fourth-order valence-electron chi connectivity index (χ4n) is 2.25. The highest BCUT2D eigenvalue weighted by Gasteiger charge is 2.47. The molecule has 0 unspecified atom stereocenters. The van der Waals surface area contributed by atoms with Gasteiger partial charge in [-0.25, -0.2) is 8.78 Å². The summed E-state index contributed by atoms with van der Waals surface area (Å²) in [5.41, 5.74) is 0.620. The van der Waals surface area contributed by atoms with Crippen LogP contribution in [-0.2, 0) is 4.79 Å². The van der Waals surface area contributed by atoms with Crippen LogP contribution >= 0.6 is 0 Å². The summed E-state index contributed by atoms with van der Waals surface area (Å²) in [4.78, 5) is 24.6. The fraction of sp³-hybridized carbons (Fsp3) is 0.333. The molecule has 23 heavy (non-hydrogen) atoms. The molecule has 1 atom stereocenters. The van der Waals surface area contributed by atoms with Gasteiger partial charge in [0.1, 0.15) is 6.04 Å². The summed E-state index contributed by atoms with van der Waals surface area (Å²) in [6.07, 6.45) is -0.696. The highest BCUT2D eigenvalue weighted by atomic mass is 19.3. The Kier molecular flexibility index (Phi) is 4.56. The SMILES string of the molecule is N#Cc1ccc(C(=O)NCC(=O)N2CC(F)(F)C[C@H]2C#N)cc1. The first-order valence-corrected chi connectivity index (χ1v) is 6.71. The Morgan fingerprint density at radius 1 is 1.30 bits per heavy atom. The molecule has 1 fully saturated rings. The summed E-state index contributed by atoms with van der Waals surface area (Å²) in [6, 6.07) is 8.11. The first-order valence-electron chi connectivity index (χ1n) is 6.71. The Morgan fingerprint density at radius 3 is 2.52 bits per heavy atom. The van der Waals surface area contributed by atoms with Gasteiger partial charge in [-0.15, -0.1) is 0 Å². The summed E-state index contributed by atoms with van der Waals surface area (Å²) < 4.78 is 26.5. The van der Waals surface area contributed by atoms with Gasteiger partial charge in [-0.3, -0.25) is 9.59 Å². The quantitative estimate of drug-likeness (QED) is 0.900. The summed E-state index contributed by atoms with van der Waals surface area (Å²) in [5.74, 6) is -4.40. The third-order valence-corrected chi connectivity index (χ3v) is 3.42. The van der Waals surface area contributed by atoms with Crippen molar-refractivity contribution in [2.24, 2.45) is 0 Å². The molecular weight excluding hydrogens is 306 g/mol. The van der Waals surface area contributed by atoms with Crippen LogP contribution in [0.2, 0.25) is 0 Å². The maximum absolute atomic E-state index is 13.3. The van der Waals surface area contributed by atoms with Crippen LogP contribution in [-0.4, -0.2) is 41.8 Å². The molecule has 118 valence electrons. The number of amides is 2. The van der Waals surface area contributed by atoms with Crippen LogP contribution in [0.3, 0.4) is 0 Å². The summed E-state index contributed by atoms with van der Waals surface area (Å²) in [5, 5.41) is 19.8. The van der Waals surface area contributed by atoms with Gasteiger partial charge in [0.2, 0.25) is 5.91 Å². The number of nitriles is 2. The van der Waals surface area contributed by atoms with E-state index in [-0.39, 0.29) is 5.56 Å². The predicted molar refractivity (Wildman–Crippen MR) is 74.2 cm³/mol. The van der Waals surface area contributed by atoms with Crippen LogP contribution in [0.4, 0.5) is 8.78 Å². The lowest BCUT2D eigenvalue weighted by molar-refractivity contribution is -0.131. The lowest BCUT2D eigenvalue weighted by Gasteiger charge is -2.19. The van der Waals surface area contributed by atoms with E-state index in [1.165, 1.54) is 24.3 Å². The molecule has 6 nitrogen and oxygen atoms in total. The standard InChI is InChI=1S/C15H12F2N4O2/c16-15(17)5-12(7-19)21(9-15)13(22)8-20-14(23)11-3-1-10(6-18)2-4-11/h1-4,12H,5,8-9H2,(H,20,23)/t12-/m0/s1. The van der Waals surface area contributed by atoms with Gasteiger partial charge in [0, 0.05) is 12.0 Å². The van der Waals surface area contributed by atoms with E-state index in [4.69, 9.17) is 10.5 Å². The molecule has 1 saturated heterocycles. The lowest BCUT2D eigenvalue weighted by atomic mass is 10.1. The van der Waals surface area contributed by atoms with Crippen LogP contribution in [0.1, 0.15) is 22.3 Å². The second kappa shape index (κ2) is 6.41. The number of hydrogen-bond donors (Lipinski definition) is 1. The molecule has 2 amide bonds. The lowest BCUT2D eigenvalue weighted by Crippen LogP contribution is -2.42. The highest BCUT2D eigenvalue weighted by molar-refractivity contribution is 5.96. The van der Waals surface area contributed by atoms with Gasteiger partial charge in [-0.1, -0.05) is 0 Å². The van der Waals surface area contributed by atoms with Gasteiger partial charge in [-0.05, 0) is 24.3 Å². The number of nitrogens with zero attached hydrogens (tertiary/aromatic N) is 3. The number of hydrogen-bond acceptors (Lipinski definition) is 4. The van der Waals surface area contributed by atoms with E-state index in [1.807, 2.05) is 6.07 Å². The number of benzene rings is 1. The number of carbonyl (C=O) groups excluding carboxylic acids is 2. The van der Waals surface area contributed by atoms with Crippen molar-refractivity contribution >= 4 is 11.8 Å². The van der Waals surface area contributed by atoms with Gasteiger partial charge in [0.05, 0.1) is 30.8 Å². The maximum Gasteiger partial charge on any atom is 0.268 e. The smallest absolute Gasteiger partial charge is 0.268 e. The van der Waals surface area contributed by atoms with Crippen LogP contribution in [0.5, 0.6) is 0 Å². The van der Waals surface area contributed by atoms with Crippen molar-refractivity contribution < 1.29 is 18.4 Å². The Balaban J connectivity index is 1.95. The minimum Gasteiger partial charge on any atom is -0.343 e. The molecule has 0 saturated carbocycles. The van der Waals surface area contributed by atoms with Crippen molar-refractivity contribution in [3.05, 3.63) is 35.4 Å². The van der Waals surface area contributed by atoms with E-state index in [2.05, 4.69) is 5.32 Å². The Labute approximate surface area is 130 Å². The van der Waals surface area contributed by atoms with Crippen LogP contribution in [0, 0.1) is 22.7 Å². The molecule has 0 aromatic heterocycles. The van der Waals surface area contributed by atoms with E-state index in [9.17, 15) is 18.4 Å². The molecule has 1 aliphatic rings.